The van der Waals surface area contributed by atoms with Crippen LogP contribution in [0.2, 0.25) is 0 Å². The zero-order valence-electron chi connectivity index (χ0n) is 14.8. The number of thioether (sulfide) groups is 1. The summed E-state index contributed by atoms with van der Waals surface area (Å²) < 4.78 is 0.715. The third kappa shape index (κ3) is 4.33. The van der Waals surface area contributed by atoms with Crippen molar-refractivity contribution in [2.24, 2.45) is 0 Å². The monoisotopic (exact) mass is 372 g/mol. The summed E-state index contributed by atoms with van der Waals surface area (Å²) in [7, 11) is 4.05. The molecular weight excluding hydrogens is 348 g/mol. The van der Waals surface area contributed by atoms with Gasteiger partial charge in [-0.05, 0) is 36.6 Å². The standard InChI is InChI=1S/C20H24N2OS2/c1-21(2)16-13-11-15(12-14-16)7-6-10-18-19(23)22(20(24)25-18)17-8-4-3-5-9-17/h6-7,10-14,17H,3-5,8-9H2,1-2H3/b7-6+,18-10+. The maximum absolute atomic E-state index is 12.7. The Hall–Kier alpha value is -1.59. The molecule has 1 saturated heterocycles. The summed E-state index contributed by atoms with van der Waals surface area (Å²) in [5.74, 6) is 0.0782. The average molecular weight is 373 g/mol. The van der Waals surface area contributed by atoms with Gasteiger partial charge in [-0.2, -0.15) is 0 Å². The summed E-state index contributed by atoms with van der Waals surface area (Å²) >= 11 is 6.88. The number of anilines is 1. The highest BCUT2D eigenvalue weighted by Gasteiger charge is 2.37. The molecule has 1 aromatic carbocycles. The Morgan fingerprint density at radius 3 is 2.48 bits per heavy atom. The van der Waals surface area contributed by atoms with Crippen molar-refractivity contribution in [2.45, 2.75) is 38.1 Å². The van der Waals surface area contributed by atoms with E-state index in [1.165, 1.54) is 36.7 Å². The van der Waals surface area contributed by atoms with Crippen LogP contribution in [-0.2, 0) is 4.79 Å². The average Bonchev–Trinajstić information content (AvgIpc) is 2.90. The molecular formula is C20H24N2OS2. The zero-order chi connectivity index (χ0) is 17.8. The van der Waals surface area contributed by atoms with Crippen LogP contribution < -0.4 is 4.90 Å². The van der Waals surface area contributed by atoms with E-state index >= 15 is 0 Å². The van der Waals surface area contributed by atoms with Crippen LogP contribution in [0.1, 0.15) is 37.7 Å². The summed E-state index contributed by atoms with van der Waals surface area (Å²) in [5.41, 5.74) is 2.29. The van der Waals surface area contributed by atoms with E-state index in [1.54, 1.807) is 0 Å². The molecule has 1 amide bonds. The molecule has 0 radical (unpaired) electrons. The molecule has 25 heavy (non-hydrogen) atoms. The van der Waals surface area contributed by atoms with E-state index in [0.29, 0.717) is 10.4 Å². The van der Waals surface area contributed by atoms with Gasteiger partial charge in [-0.1, -0.05) is 67.5 Å². The minimum Gasteiger partial charge on any atom is -0.378 e. The van der Waals surface area contributed by atoms with Crippen molar-refractivity contribution in [3.63, 3.8) is 0 Å². The van der Waals surface area contributed by atoms with Gasteiger partial charge in [-0.25, -0.2) is 0 Å². The molecule has 1 aliphatic heterocycles. The van der Waals surface area contributed by atoms with E-state index in [9.17, 15) is 4.79 Å². The molecule has 3 rings (SSSR count). The predicted octanol–water partition coefficient (Wildman–Crippen LogP) is 4.84. The number of carbonyl (C=O) groups excluding carboxylic acids is 1. The number of nitrogens with zero attached hydrogens (tertiary/aromatic N) is 2. The van der Waals surface area contributed by atoms with Gasteiger partial charge >= 0.3 is 0 Å². The van der Waals surface area contributed by atoms with Crippen molar-refractivity contribution >= 4 is 46.0 Å². The predicted molar refractivity (Wildman–Crippen MR) is 112 cm³/mol. The Morgan fingerprint density at radius 1 is 1.16 bits per heavy atom. The van der Waals surface area contributed by atoms with Crippen molar-refractivity contribution < 1.29 is 4.79 Å². The fourth-order valence-electron chi connectivity index (χ4n) is 3.28. The van der Waals surface area contributed by atoms with Crippen molar-refractivity contribution in [2.75, 3.05) is 19.0 Å². The van der Waals surface area contributed by atoms with Crippen molar-refractivity contribution in [3.05, 3.63) is 46.9 Å². The Morgan fingerprint density at radius 2 is 1.84 bits per heavy atom. The lowest BCUT2D eigenvalue weighted by Gasteiger charge is -2.29. The van der Waals surface area contributed by atoms with Gasteiger partial charge in [0.05, 0.1) is 4.91 Å². The second-order valence-corrected chi connectivity index (χ2v) is 8.39. The topological polar surface area (TPSA) is 23.6 Å². The van der Waals surface area contributed by atoms with Gasteiger partial charge in [-0.15, -0.1) is 0 Å². The molecule has 1 saturated carbocycles. The van der Waals surface area contributed by atoms with Crippen LogP contribution in [0.15, 0.2) is 41.3 Å². The van der Waals surface area contributed by atoms with Crippen molar-refractivity contribution in [1.82, 2.24) is 4.90 Å². The molecule has 1 aliphatic carbocycles. The summed E-state index contributed by atoms with van der Waals surface area (Å²) in [5, 5.41) is 0. The maximum Gasteiger partial charge on any atom is 0.266 e. The number of hydrogen-bond donors (Lipinski definition) is 0. The van der Waals surface area contributed by atoms with E-state index < -0.39 is 0 Å². The molecule has 5 heteroatoms. The molecule has 0 aromatic heterocycles. The highest BCUT2D eigenvalue weighted by molar-refractivity contribution is 8.26. The second-order valence-electron chi connectivity index (χ2n) is 6.71. The van der Waals surface area contributed by atoms with E-state index in [0.717, 1.165) is 23.3 Å². The number of allylic oxidation sites excluding steroid dienone is 2. The first-order chi connectivity index (χ1) is 12.1. The van der Waals surface area contributed by atoms with E-state index in [4.69, 9.17) is 12.2 Å². The lowest BCUT2D eigenvalue weighted by molar-refractivity contribution is -0.124. The van der Waals surface area contributed by atoms with Gasteiger partial charge in [0.25, 0.3) is 5.91 Å². The molecule has 1 aromatic rings. The van der Waals surface area contributed by atoms with Crippen LogP contribution >= 0.6 is 24.0 Å². The third-order valence-electron chi connectivity index (χ3n) is 4.71. The zero-order valence-corrected chi connectivity index (χ0v) is 16.4. The smallest absolute Gasteiger partial charge is 0.266 e. The van der Waals surface area contributed by atoms with E-state index in [1.807, 2.05) is 37.2 Å². The summed E-state index contributed by atoms with van der Waals surface area (Å²) in [6.07, 6.45) is 11.7. The molecule has 3 nitrogen and oxygen atoms in total. The Balaban J connectivity index is 1.67. The first-order valence-corrected chi connectivity index (χ1v) is 10.00. The van der Waals surface area contributed by atoms with Gasteiger partial charge in [0.15, 0.2) is 0 Å². The maximum atomic E-state index is 12.7. The first-order valence-electron chi connectivity index (χ1n) is 8.77. The first kappa shape index (κ1) is 18.2. The van der Waals surface area contributed by atoms with Crippen molar-refractivity contribution in [1.29, 1.82) is 0 Å². The van der Waals surface area contributed by atoms with Crippen LogP contribution in [-0.4, -0.2) is 35.3 Å². The van der Waals surface area contributed by atoms with Crippen LogP contribution in [0.25, 0.3) is 6.08 Å². The highest BCUT2D eigenvalue weighted by Crippen LogP contribution is 2.36. The second kappa shape index (κ2) is 8.19. The fourth-order valence-corrected chi connectivity index (χ4v) is 4.63. The number of carbonyl (C=O) groups is 1. The lowest BCUT2D eigenvalue weighted by atomic mass is 9.94. The SMILES string of the molecule is CN(C)c1ccc(/C=C/C=C2/SC(=S)N(C3CCCCC3)C2=O)cc1. The molecule has 0 N–H and O–H groups in total. The largest absolute Gasteiger partial charge is 0.378 e. The molecule has 2 aliphatic rings. The Kier molecular flexibility index (Phi) is 5.97. The number of amides is 1. The lowest BCUT2D eigenvalue weighted by Crippen LogP contribution is -2.39. The van der Waals surface area contributed by atoms with Crippen molar-refractivity contribution in [3.8, 4) is 0 Å². The molecule has 0 bridgehead atoms. The molecule has 2 fully saturated rings. The van der Waals surface area contributed by atoms with Crippen LogP contribution in [0.5, 0.6) is 0 Å². The minimum absolute atomic E-state index is 0.0782. The molecule has 132 valence electrons. The number of hydrogen-bond acceptors (Lipinski definition) is 4. The van der Waals surface area contributed by atoms with Gasteiger partial charge in [0.2, 0.25) is 0 Å². The molecule has 1 heterocycles. The van der Waals surface area contributed by atoms with E-state index in [2.05, 4.69) is 29.2 Å². The summed E-state index contributed by atoms with van der Waals surface area (Å²) in [4.78, 5) is 17.3. The third-order valence-corrected chi connectivity index (χ3v) is 6.06. The normalized spacial score (nSPS) is 20.9. The quantitative estimate of drug-likeness (QED) is 0.557. The molecule has 0 spiro atoms. The van der Waals surface area contributed by atoms with Crippen LogP contribution in [0.3, 0.4) is 0 Å². The molecule has 0 atom stereocenters. The van der Waals surface area contributed by atoms with Gasteiger partial charge in [0.1, 0.15) is 4.32 Å². The number of thiocarbonyl (C=S) groups is 1. The van der Waals surface area contributed by atoms with Gasteiger partial charge in [0, 0.05) is 25.8 Å². The Bertz CT molecular complexity index is 701. The molecule has 0 unspecified atom stereocenters. The Labute approximate surface area is 159 Å². The number of rotatable bonds is 4. The van der Waals surface area contributed by atoms with Gasteiger partial charge < -0.3 is 4.90 Å². The van der Waals surface area contributed by atoms with E-state index in [-0.39, 0.29) is 5.91 Å². The highest BCUT2D eigenvalue weighted by atomic mass is 32.2. The number of benzene rings is 1. The fraction of sp³-hybridized carbons (Fsp3) is 0.400. The van der Waals surface area contributed by atoms with Crippen LogP contribution in [0, 0.1) is 0 Å². The van der Waals surface area contributed by atoms with Crippen LogP contribution in [0.4, 0.5) is 5.69 Å². The summed E-state index contributed by atoms with van der Waals surface area (Å²) in [6.45, 7) is 0. The summed E-state index contributed by atoms with van der Waals surface area (Å²) in [6, 6.07) is 8.62. The minimum atomic E-state index is 0.0782. The van der Waals surface area contributed by atoms with Gasteiger partial charge in [-0.3, -0.25) is 9.69 Å².